The minimum atomic E-state index is -3.78. The third-order valence-corrected chi connectivity index (χ3v) is 5.32. The lowest BCUT2D eigenvalue weighted by Gasteiger charge is -2.14. The van der Waals surface area contributed by atoms with E-state index in [0.717, 1.165) is 11.1 Å². The highest BCUT2D eigenvalue weighted by molar-refractivity contribution is 7.92. The van der Waals surface area contributed by atoms with Crippen molar-refractivity contribution in [2.75, 3.05) is 11.8 Å². The molecule has 0 aliphatic heterocycles. The van der Waals surface area contributed by atoms with Crippen molar-refractivity contribution >= 4 is 21.6 Å². The van der Waals surface area contributed by atoms with E-state index in [9.17, 15) is 13.2 Å². The smallest absolute Gasteiger partial charge is 0.262 e. The molecule has 0 heterocycles. The van der Waals surface area contributed by atoms with Gasteiger partial charge in [-0.05, 0) is 55.7 Å². The fourth-order valence-corrected chi connectivity index (χ4v) is 3.63. The lowest BCUT2D eigenvalue weighted by Crippen LogP contribution is -2.20. The second-order valence-electron chi connectivity index (χ2n) is 5.41. The molecular weight excluding hydrogens is 312 g/mol. The summed E-state index contributed by atoms with van der Waals surface area (Å²) in [5.74, 6) is -0.326. The molecule has 5 nitrogen and oxygen atoms in total. The highest BCUT2D eigenvalue weighted by Crippen LogP contribution is 2.24. The van der Waals surface area contributed by atoms with E-state index in [1.165, 1.54) is 13.1 Å². The van der Waals surface area contributed by atoms with E-state index in [1.54, 1.807) is 31.2 Å². The van der Waals surface area contributed by atoms with E-state index in [-0.39, 0.29) is 10.8 Å². The molecule has 0 radical (unpaired) electrons. The zero-order valence-corrected chi connectivity index (χ0v) is 14.4. The summed E-state index contributed by atoms with van der Waals surface area (Å²) in [5, 5.41) is 2.49. The van der Waals surface area contributed by atoms with Gasteiger partial charge in [0.05, 0.1) is 10.6 Å². The lowest BCUT2D eigenvalue weighted by molar-refractivity contribution is 0.0963. The topological polar surface area (TPSA) is 75.3 Å². The molecule has 122 valence electrons. The fraction of sp³-hybridized carbons (Fsp3) is 0.235. The molecule has 2 N–H and O–H groups in total. The van der Waals surface area contributed by atoms with E-state index >= 15 is 0 Å². The Balaban J connectivity index is 2.47. The molecule has 0 aromatic heterocycles. The van der Waals surface area contributed by atoms with Gasteiger partial charge in [-0.3, -0.25) is 9.52 Å². The lowest BCUT2D eigenvalue weighted by atomic mass is 10.1. The maximum absolute atomic E-state index is 12.7. The normalized spacial score (nSPS) is 11.1. The molecule has 2 aromatic rings. The average molecular weight is 332 g/mol. The molecular formula is C17H20N2O3S. The number of amides is 1. The highest BCUT2D eigenvalue weighted by atomic mass is 32.2. The highest BCUT2D eigenvalue weighted by Gasteiger charge is 2.20. The molecule has 0 atom stereocenters. The molecule has 0 saturated heterocycles. The SMILES string of the molecule is CNC(=O)c1ccc(C)c(S(=O)(=O)Nc2cccc(C)c2C)c1. The molecule has 6 heteroatoms. The second-order valence-corrected chi connectivity index (χ2v) is 7.06. The van der Waals surface area contributed by atoms with Crippen LogP contribution in [-0.4, -0.2) is 21.4 Å². The number of carbonyl (C=O) groups excluding carboxylic acids is 1. The average Bonchev–Trinajstić information content (AvgIpc) is 2.51. The number of rotatable bonds is 4. The fourth-order valence-electron chi connectivity index (χ4n) is 2.24. The molecule has 0 aliphatic carbocycles. The number of nitrogens with one attached hydrogen (secondary N) is 2. The number of anilines is 1. The Morgan fingerprint density at radius 3 is 2.35 bits per heavy atom. The van der Waals surface area contributed by atoms with Crippen LogP contribution in [0.15, 0.2) is 41.3 Å². The molecule has 0 fully saturated rings. The second kappa shape index (κ2) is 6.42. The van der Waals surface area contributed by atoms with Crippen LogP contribution in [-0.2, 0) is 10.0 Å². The Kier molecular flexibility index (Phi) is 4.75. The number of carbonyl (C=O) groups is 1. The van der Waals surface area contributed by atoms with Gasteiger partial charge < -0.3 is 5.32 Å². The Morgan fingerprint density at radius 2 is 1.70 bits per heavy atom. The van der Waals surface area contributed by atoms with Gasteiger partial charge in [0.25, 0.3) is 15.9 Å². The van der Waals surface area contributed by atoms with Gasteiger partial charge in [-0.1, -0.05) is 18.2 Å². The van der Waals surface area contributed by atoms with Crippen LogP contribution in [0.1, 0.15) is 27.0 Å². The first-order chi connectivity index (χ1) is 10.8. The van der Waals surface area contributed by atoms with E-state index in [4.69, 9.17) is 0 Å². The summed E-state index contributed by atoms with van der Waals surface area (Å²) >= 11 is 0. The van der Waals surface area contributed by atoms with Gasteiger partial charge in [0.2, 0.25) is 0 Å². The Bertz CT molecular complexity index is 858. The summed E-state index contributed by atoms with van der Waals surface area (Å²) in [6.07, 6.45) is 0. The molecule has 2 aromatic carbocycles. The van der Waals surface area contributed by atoms with Crippen LogP contribution in [0.5, 0.6) is 0 Å². The molecule has 23 heavy (non-hydrogen) atoms. The van der Waals surface area contributed by atoms with Crippen molar-refractivity contribution in [1.29, 1.82) is 0 Å². The van der Waals surface area contributed by atoms with Crippen LogP contribution < -0.4 is 10.0 Å². The van der Waals surface area contributed by atoms with Crippen molar-refractivity contribution < 1.29 is 13.2 Å². The molecule has 0 aliphatic rings. The maximum Gasteiger partial charge on any atom is 0.262 e. The molecule has 2 rings (SSSR count). The van der Waals surface area contributed by atoms with Gasteiger partial charge in [0.15, 0.2) is 0 Å². The first-order valence-electron chi connectivity index (χ1n) is 7.18. The van der Waals surface area contributed by atoms with Gasteiger partial charge >= 0.3 is 0 Å². The third kappa shape index (κ3) is 3.53. The summed E-state index contributed by atoms with van der Waals surface area (Å²) in [6, 6.07) is 10.1. The van der Waals surface area contributed by atoms with Crippen molar-refractivity contribution in [1.82, 2.24) is 5.32 Å². The first kappa shape index (κ1) is 17.0. The van der Waals surface area contributed by atoms with Crippen molar-refractivity contribution in [2.45, 2.75) is 25.7 Å². The van der Waals surface area contributed by atoms with Crippen molar-refractivity contribution in [3.8, 4) is 0 Å². The third-order valence-electron chi connectivity index (χ3n) is 3.82. The molecule has 0 spiro atoms. The van der Waals surface area contributed by atoms with Crippen molar-refractivity contribution in [2.24, 2.45) is 0 Å². The Hall–Kier alpha value is -2.34. The Morgan fingerprint density at radius 1 is 1.00 bits per heavy atom. The first-order valence-corrected chi connectivity index (χ1v) is 8.66. The molecule has 0 unspecified atom stereocenters. The molecule has 0 saturated carbocycles. The van der Waals surface area contributed by atoms with Crippen molar-refractivity contribution in [3.05, 3.63) is 58.7 Å². The summed E-state index contributed by atoms with van der Waals surface area (Å²) in [7, 11) is -2.27. The number of aryl methyl sites for hydroxylation is 2. The van der Waals surface area contributed by atoms with Gasteiger partial charge in [0.1, 0.15) is 0 Å². The zero-order valence-electron chi connectivity index (χ0n) is 13.6. The number of benzene rings is 2. The van der Waals surface area contributed by atoms with E-state index < -0.39 is 10.0 Å². The number of hydrogen-bond acceptors (Lipinski definition) is 3. The Labute approximate surface area is 136 Å². The quantitative estimate of drug-likeness (QED) is 0.904. The van der Waals surface area contributed by atoms with Crippen LogP contribution in [0.2, 0.25) is 0 Å². The minimum absolute atomic E-state index is 0.0968. The summed E-state index contributed by atoms with van der Waals surface area (Å²) in [6.45, 7) is 5.48. The molecule has 0 bridgehead atoms. The summed E-state index contributed by atoms with van der Waals surface area (Å²) in [4.78, 5) is 11.8. The van der Waals surface area contributed by atoms with Crippen LogP contribution in [0.3, 0.4) is 0 Å². The zero-order chi connectivity index (χ0) is 17.2. The monoisotopic (exact) mass is 332 g/mol. The number of sulfonamides is 1. The van der Waals surface area contributed by atoms with Crippen molar-refractivity contribution in [3.63, 3.8) is 0 Å². The van der Waals surface area contributed by atoms with Crippen LogP contribution in [0.25, 0.3) is 0 Å². The predicted molar refractivity (Wildman–Crippen MR) is 91.3 cm³/mol. The summed E-state index contributed by atoms with van der Waals surface area (Å²) in [5.41, 5.74) is 3.29. The van der Waals surface area contributed by atoms with Crippen LogP contribution in [0.4, 0.5) is 5.69 Å². The predicted octanol–water partition coefficient (Wildman–Crippen LogP) is 2.77. The van der Waals surface area contributed by atoms with Crippen LogP contribution >= 0.6 is 0 Å². The largest absolute Gasteiger partial charge is 0.355 e. The van der Waals surface area contributed by atoms with E-state index in [2.05, 4.69) is 10.0 Å². The van der Waals surface area contributed by atoms with Gasteiger partial charge in [-0.25, -0.2) is 8.42 Å². The van der Waals surface area contributed by atoms with Gasteiger partial charge in [0, 0.05) is 12.6 Å². The molecule has 1 amide bonds. The van der Waals surface area contributed by atoms with Gasteiger partial charge in [-0.15, -0.1) is 0 Å². The summed E-state index contributed by atoms with van der Waals surface area (Å²) < 4.78 is 28.0. The standard InChI is InChI=1S/C17H20N2O3S/c1-11-6-5-7-15(13(11)3)19-23(21,22)16-10-14(17(20)18-4)9-8-12(16)2/h5-10,19H,1-4H3,(H,18,20). The van der Waals surface area contributed by atoms with E-state index in [0.29, 0.717) is 16.8 Å². The van der Waals surface area contributed by atoms with E-state index in [1.807, 2.05) is 19.9 Å². The number of hydrogen-bond donors (Lipinski definition) is 2. The minimum Gasteiger partial charge on any atom is -0.355 e. The van der Waals surface area contributed by atoms with Gasteiger partial charge in [-0.2, -0.15) is 0 Å². The maximum atomic E-state index is 12.7. The van der Waals surface area contributed by atoms with Crippen LogP contribution in [0, 0.1) is 20.8 Å².